The number of benzene rings is 8. The number of rotatable bonds is 3. The van der Waals surface area contributed by atoms with Crippen LogP contribution in [0, 0.1) is 0 Å². The van der Waals surface area contributed by atoms with Gasteiger partial charge in [0, 0.05) is 36.0 Å². The predicted octanol–water partition coefficient (Wildman–Crippen LogP) is 13.4. The van der Waals surface area contributed by atoms with E-state index in [-0.39, 0.29) is 0 Å². The van der Waals surface area contributed by atoms with Crippen LogP contribution >= 0.6 is 23.5 Å². The molecule has 1 nitrogen and oxygen atoms in total. The van der Waals surface area contributed by atoms with Crippen LogP contribution in [0.25, 0.3) is 49.7 Å². The summed E-state index contributed by atoms with van der Waals surface area (Å²) in [5, 5.41) is 2.54. The second kappa shape index (κ2) is 11.6. The number of hydrogen-bond acceptors (Lipinski definition) is 2. The first-order chi connectivity index (χ1) is 25.8. The largest absolute Gasteiger partial charge is 0.309 e. The van der Waals surface area contributed by atoms with E-state index in [9.17, 15) is 0 Å². The van der Waals surface area contributed by atoms with Crippen molar-refractivity contribution >= 4 is 45.3 Å². The Morgan fingerprint density at radius 2 is 0.942 bits per heavy atom. The minimum absolute atomic E-state index is 0.480. The third-order valence-corrected chi connectivity index (χ3v) is 13.2. The molecule has 52 heavy (non-hydrogen) atoms. The summed E-state index contributed by atoms with van der Waals surface area (Å²) in [4.78, 5) is 5.25. The van der Waals surface area contributed by atoms with Gasteiger partial charge >= 0.3 is 0 Å². The average Bonchev–Trinajstić information content (AvgIpc) is 3.55. The van der Waals surface area contributed by atoms with E-state index in [1.165, 1.54) is 91.6 Å². The lowest BCUT2D eigenvalue weighted by atomic mass is 9.62. The molecule has 2 aliphatic heterocycles. The fraction of sp³-hybridized carbons (Fsp3) is 0.0204. The molecule has 9 aromatic rings. The molecule has 0 atom stereocenters. The molecular weight excluding hydrogens is 667 g/mol. The van der Waals surface area contributed by atoms with Crippen LogP contribution < -0.4 is 0 Å². The minimum atomic E-state index is -0.480. The van der Waals surface area contributed by atoms with Crippen LogP contribution in [0.15, 0.2) is 208 Å². The fourth-order valence-electron chi connectivity index (χ4n) is 8.77. The molecular formula is C49H31NS2. The fourth-order valence-corrected chi connectivity index (χ4v) is 11.2. The highest BCUT2D eigenvalue weighted by atomic mass is 32.2. The van der Waals surface area contributed by atoms with Crippen molar-refractivity contribution in [1.29, 1.82) is 0 Å². The van der Waals surface area contributed by atoms with E-state index in [2.05, 4.69) is 193 Å². The summed E-state index contributed by atoms with van der Waals surface area (Å²) in [6.07, 6.45) is 0. The number of aromatic nitrogens is 1. The average molecular weight is 698 g/mol. The van der Waals surface area contributed by atoms with Crippen LogP contribution in [0.1, 0.15) is 22.3 Å². The van der Waals surface area contributed by atoms with Gasteiger partial charge in [-0.25, -0.2) is 0 Å². The maximum Gasteiger partial charge on any atom is 0.0751 e. The highest BCUT2D eigenvalue weighted by Crippen LogP contribution is 2.63. The van der Waals surface area contributed by atoms with E-state index in [4.69, 9.17) is 0 Å². The second-order valence-electron chi connectivity index (χ2n) is 13.6. The lowest BCUT2D eigenvalue weighted by Crippen LogP contribution is -2.37. The minimum Gasteiger partial charge on any atom is -0.309 e. The Morgan fingerprint density at radius 3 is 1.73 bits per heavy atom. The molecule has 0 amide bonds. The second-order valence-corrected chi connectivity index (χ2v) is 15.8. The Hall–Kier alpha value is -5.74. The Morgan fingerprint density at radius 1 is 0.365 bits per heavy atom. The lowest BCUT2D eigenvalue weighted by Gasteiger charge is -2.46. The van der Waals surface area contributed by atoms with Gasteiger partial charge in [0.05, 0.1) is 16.4 Å². The third kappa shape index (κ3) is 4.27. The Labute approximate surface area is 311 Å². The van der Waals surface area contributed by atoms with Crippen molar-refractivity contribution in [2.45, 2.75) is 25.0 Å². The Bertz CT molecular complexity index is 2810. The first-order valence-corrected chi connectivity index (χ1v) is 19.4. The highest BCUT2D eigenvalue weighted by Gasteiger charge is 2.50. The van der Waals surface area contributed by atoms with Crippen LogP contribution in [0.3, 0.4) is 0 Å². The van der Waals surface area contributed by atoms with Crippen LogP contribution in [-0.4, -0.2) is 4.57 Å². The van der Waals surface area contributed by atoms with Gasteiger partial charge < -0.3 is 4.57 Å². The van der Waals surface area contributed by atoms with Crippen molar-refractivity contribution in [3.8, 4) is 27.9 Å². The Balaban J connectivity index is 1.17. The predicted molar refractivity (Wildman–Crippen MR) is 218 cm³/mol. The number of hydrogen-bond donors (Lipinski definition) is 0. The summed E-state index contributed by atoms with van der Waals surface area (Å²) >= 11 is 3.81. The summed E-state index contributed by atoms with van der Waals surface area (Å²) in [5.41, 5.74) is 13.6. The zero-order valence-corrected chi connectivity index (χ0v) is 29.8. The van der Waals surface area contributed by atoms with Gasteiger partial charge in [-0.2, -0.15) is 0 Å². The van der Waals surface area contributed by atoms with Gasteiger partial charge in [0.1, 0.15) is 0 Å². The number of para-hydroxylation sites is 2. The van der Waals surface area contributed by atoms with Gasteiger partial charge in [-0.3, -0.25) is 0 Å². The molecule has 8 aromatic carbocycles. The molecule has 0 bridgehead atoms. The molecule has 0 saturated carbocycles. The first kappa shape index (κ1) is 29.9. The topological polar surface area (TPSA) is 4.93 Å². The zero-order chi connectivity index (χ0) is 34.2. The van der Waals surface area contributed by atoms with Gasteiger partial charge in [0.25, 0.3) is 0 Å². The molecule has 1 aromatic heterocycles. The summed E-state index contributed by atoms with van der Waals surface area (Å²) in [7, 11) is 0. The summed E-state index contributed by atoms with van der Waals surface area (Å²) < 4.78 is 2.39. The van der Waals surface area contributed by atoms with Crippen molar-refractivity contribution in [3.05, 3.63) is 210 Å². The van der Waals surface area contributed by atoms with Crippen LogP contribution in [0.4, 0.5) is 0 Å². The van der Waals surface area contributed by atoms with Gasteiger partial charge in [-0.15, -0.1) is 0 Å². The van der Waals surface area contributed by atoms with Crippen LogP contribution in [0.5, 0.6) is 0 Å². The molecule has 0 aliphatic carbocycles. The molecule has 1 spiro atoms. The normalized spacial score (nSPS) is 13.8. The molecule has 0 unspecified atom stereocenters. The van der Waals surface area contributed by atoms with Crippen molar-refractivity contribution in [2.75, 3.05) is 0 Å². The molecule has 0 N–H and O–H groups in total. The molecule has 11 rings (SSSR count). The van der Waals surface area contributed by atoms with Crippen molar-refractivity contribution in [3.63, 3.8) is 0 Å². The highest BCUT2D eigenvalue weighted by molar-refractivity contribution is 8.00. The van der Waals surface area contributed by atoms with Gasteiger partial charge in [-0.1, -0.05) is 157 Å². The van der Waals surface area contributed by atoms with Crippen LogP contribution in [0.2, 0.25) is 0 Å². The van der Waals surface area contributed by atoms with Gasteiger partial charge in [0.15, 0.2) is 0 Å². The number of nitrogens with zero attached hydrogens (tertiary/aromatic N) is 1. The summed E-state index contributed by atoms with van der Waals surface area (Å²) in [5.74, 6) is 0. The summed E-state index contributed by atoms with van der Waals surface area (Å²) in [6.45, 7) is 0. The van der Waals surface area contributed by atoms with E-state index in [1.807, 2.05) is 23.5 Å². The van der Waals surface area contributed by atoms with E-state index in [0.717, 1.165) is 0 Å². The molecule has 0 fully saturated rings. The smallest absolute Gasteiger partial charge is 0.0751 e. The van der Waals surface area contributed by atoms with Crippen molar-refractivity contribution < 1.29 is 0 Å². The van der Waals surface area contributed by atoms with E-state index in [1.54, 1.807) is 0 Å². The molecule has 3 heteroatoms. The molecule has 244 valence electrons. The van der Waals surface area contributed by atoms with Crippen molar-refractivity contribution in [1.82, 2.24) is 4.57 Å². The lowest BCUT2D eigenvalue weighted by molar-refractivity contribution is 0.669. The Kier molecular flexibility index (Phi) is 6.70. The van der Waals surface area contributed by atoms with Crippen LogP contribution in [-0.2, 0) is 5.41 Å². The standard InChI is InChI=1S/C49H31NS2/c1-3-14-32(15-4-1)36-19-13-25-46-48(36)49(39-20-8-11-23-44(39)51-45-24-12-9-21-40(45)49)41-28-26-34(31-47(41)52-46)33-27-29-43-38(30-33)37-18-7-10-22-42(37)50(43)35-16-5-2-6-17-35/h1-31H. The monoisotopic (exact) mass is 697 g/mol. The van der Waals surface area contributed by atoms with Crippen molar-refractivity contribution in [2.24, 2.45) is 0 Å². The SMILES string of the molecule is c1ccc(-c2cccc3c2C2(c4ccccc4Sc4ccccc42)c2ccc(-c4ccc5c(c4)c4ccccc4n5-c4ccccc4)cc2S3)cc1. The van der Waals surface area contributed by atoms with E-state index >= 15 is 0 Å². The first-order valence-electron chi connectivity index (χ1n) is 17.8. The molecule has 0 saturated heterocycles. The maximum absolute atomic E-state index is 2.45. The third-order valence-electron chi connectivity index (χ3n) is 10.9. The molecule has 0 radical (unpaired) electrons. The zero-order valence-electron chi connectivity index (χ0n) is 28.2. The van der Waals surface area contributed by atoms with Gasteiger partial charge in [-0.05, 0) is 99.1 Å². The molecule has 3 heterocycles. The van der Waals surface area contributed by atoms with Gasteiger partial charge in [0.2, 0.25) is 0 Å². The van der Waals surface area contributed by atoms with E-state index in [0.29, 0.717) is 0 Å². The number of fused-ring (bicyclic) bond motifs is 11. The van der Waals surface area contributed by atoms with E-state index < -0.39 is 5.41 Å². The molecule has 2 aliphatic rings. The summed E-state index contributed by atoms with van der Waals surface area (Å²) in [6, 6.07) is 69.7. The maximum atomic E-state index is 2.45. The quantitative estimate of drug-likeness (QED) is 0.181.